The molecule has 0 aromatic heterocycles. The molecule has 0 bridgehead atoms. The Labute approximate surface area is 120 Å². The van der Waals surface area contributed by atoms with E-state index in [2.05, 4.69) is 4.72 Å². The molecule has 20 heavy (non-hydrogen) atoms. The number of aryl methyl sites for hydroxylation is 2. The first kappa shape index (κ1) is 17.1. The molecule has 0 saturated carbocycles. The predicted molar refractivity (Wildman–Crippen MR) is 76.8 cm³/mol. The van der Waals surface area contributed by atoms with Crippen LogP contribution in [0.4, 0.5) is 4.39 Å². The largest absolute Gasteiger partial charge is 0.383 e. The van der Waals surface area contributed by atoms with Crippen molar-refractivity contribution in [2.45, 2.75) is 44.6 Å². The second kappa shape index (κ2) is 7.15. The van der Waals surface area contributed by atoms with Gasteiger partial charge in [-0.3, -0.25) is 0 Å². The van der Waals surface area contributed by atoms with Crippen molar-refractivity contribution in [3.8, 4) is 0 Å². The van der Waals surface area contributed by atoms with Crippen LogP contribution in [0.2, 0.25) is 0 Å². The zero-order chi connectivity index (χ0) is 15.3. The van der Waals surface area contributed by atoms with Gasteiger partial charge in [-0.05, 0) is 43.5 Å². The zero-order valence-corrected chi connectivity index (χ0v) is 13.2. The van der Waals surface area contributed by atoms with Crippen LogP contribution >= 0.6 is 0 Å². The van der Waals surface area contributed by atoms with E-state index >= 15 is 0 Å². The third kappa shape index (κ3) is 4.26. The quantitative estimate of drug-likeness (QED) is 0.842. The van der Waals surface area contributed by atoms with Gasteiger partial charge in [-0.25, -0.2) is 17.5 Å². The third-order valence-electron chi connectivity index (χ3n) is 3.02. The van der Waals surface area contributed by atoms with Crippen LogP contribution in [0.15, 0.2) is 17.0 Å². The van der Waals surface area contributed by atoms with Crippen LogP contribution in [0.5, 0.6) is 0 Å². The van der Waals surface area contributed by atoms with Gasteiger partial charge in [0.25, 0.3) is 0 Å². The van der Waals surface area contributed by atoms with Gasteiger partial charge in [0.2, 0.25) is 10.0 Å². The van der Waals surface area contributed by atoms with Gasteiger partial charge in [-0.1, -0.05) is 13.3 Å². The van der Waals surface area contributed by atoms with Crippen molar-refractivity contribution in [3.63, 3.8) is 0 Å². The molecule has 0 aliphatic carbocycles. The Kier molecular flexibility index (Phi) is 6.10. The lowest BCUT2D eigenvalue weighted by atomic mass is 10.1. The molecule has 1 unspecified atom stereocenters. The fourth-order valence-electron chi connectivity index (χ4n) is 2.33. The summed E-state index contributed by atoms with van der Waals surface area (Å²) >= 11 is 0. The van der Waals surface area contributed by atoms with E-state index in [1.54, 1.807) is 13.8 Å². The van der Waals surface area contributed by atoms with E-state index in [1.807, 2.05) is 6.92 Å². The highest BCUT2D eigenvalue weighted by atomic mass is 32.2. The fraction of sp³-hybridized carbons (Fsp3) is 0.571. The maximum atomic E-state index is 13.3. The van der Waals surface area contributed by atoms with Gasteiger partial charge in [-0.2, -0.15) is 0 Å². The number of hydrogen-bond donors (Lipinski definition) is 1. The molecule has 0 aliphatic rings. The number of halogens is 1. The van der Waals surface area contributed by atoms with Crippen LogP contribution in [0, 0.1) is 19.7 Å². The maximum Gasteiger partial charge on any atom is 0.241 e. The number of rotatable bonds is 7. The number of benzene rings is 1. The molecule has 0 saturated heterocycles. The van der Waals surface area contributed by atoms with Crippen LogP contribution in [0.25, 0.3) is 0 Å². The molecule has 0 spiro atoms. The van der Waals surface area contributed by atoms with Crippen molar-refractivity contribution in [2.75, 3.05) is 13.7 Å². The van der Waals surface area contributed by atoms with Crippen molar-refractivity contribution in [2.24, 2.45) is 0 Å². The summed E-state index contributed by atoms with van der Waals surface area (Å²) in [6.07, 6.45) is 1.53. The van der Waals surface area contributed by atoms with Gasteiger partial charge in [0.1, 0.15) is 5.82 Å². The number of methoxy groups -OCH3 is 1. The minimum atomic E-state index is -3.68. The minimum absolute atomic E-state index is 0.149. The number of nitrogens with one attached hydrogen (secondary N) is 1. The van der Waals surface area contributed by atoms with Gasteiger partial charge < -0.3 is 4.74 Å². The van der Waals surface area contributed by atoms with Gasteiger partial charge in [0.05, 0.1) is 11.5 Å². The first-order chi connectivity index (χ1) is 9.31. The molecule has 1 N–H and O–H groups in total. The van der Waals surface area contributed by atoms with Crippen molar-refractivity contribution in [1.29, 1.82) is 0 Å². The summed E-state index contributed by atoms with van der Waals surface area (Å²) in [7, 11) is -2.15. The molecule has 114 valence electrons. The second-order valence-electron chi connectivity index (χ2n) is 4.93. The Hall–Kier alpha value is -0.980. The Morgan fingerprint density at radius 1 is 1.30 bits per heavy atom. The summed E-state index contributed by atoms with van der Waals surface area (Å²) < 4.78 is 45.8. The lowest BCUT2D eigenvalue weighted by Gasteiger charge is -2.19. The summed E-state index contributed by atoms with van der Waals surface area (Å²) in [5, 5.41) is 0. The first-order valence-corrected chi connectivity index (χ1v) is 8.08. The van der Waals surface area contributed by atoms with Crippen molar-refractivity contribution >= 4 is 10.0 Å². The minimum Gasteiger partial charge on any atom is -0.383 e. The lowest BCUT2D eigenvalue weighted by Crippen LogP contribution is -2.38. The summed E-state index contributed by atoms with van der Waals surface area (Å²) in [5.41, 5.74) is 0.810. The van der Waals surface area contributed by atoms with E-state index < -0.39 is 15.8 Å². The molecule has 4 nitrogen and oxygen atoms in total. The molecule has 0 amide bonds. The average Bonchev–Trinajstić information content (AvgIpc) is 2.26. The maximum absolute atomic E-state index is 13.3. The molecule has 6 heteroatoms. The van der Waals surface area contributed by atoms with Crippen LogP contribution in [-0.4, -0.2) is 28.2 Å². The average molecular weight is 303 g/mol. The molecule has 0 fully saturated rings. The van der Waals surface area contributed by atoms with Crippen LogP contribution in [-0.2, 0) is 14.8 Å². The van der Waals surface area contributed by atoms with E-state index in [9.17, 15) is 12.8 Å². The summed E-state index contributed by atoms with van der Waals surface area (Å²) in [4.78, 5) is 0.149. The highest BCUT2D eigenvalue weighted by Gasteiger charge is 2.23. The second-order valence-corrected chi connectivity index (χ2v) is 6.58. The van der Waals surface area contributed by atoms with E-state index in [4.69, 9.17) is 4.74 Å². The first-order valence-electron chi connectivity index (χ1n) is 6.59. The highest BCUT2D eigenvalue weighted by Crippen LogP contribution is 2.21. The topological polar surface area (TPSA) is 55.4 Å². The SMILES string of the molecule is CCCC(COC)NS(=O)(=O)c1c(C)cc(F)cc1C. The Morgan fingerprint density at radius 3 is 2.30 bits per heavy atom. The van der Waals surface area contributed by atoms with Crippen LogP contribution in [0.1, 0.15) is 30.9 Å². The van der Waals surface area contributed by atoms with Crippen LogP contribution in [0.3, 0.4) is 0 Å². The predicted octanol–water partition coefficient (Wildman–Crippen LogP) is 2.54. The highest BCUT2D eigenvalue weighted by molar-refractivity contribution is 7.89. The standard InChI is InChI=1S/C14H22FNO3S/c1-5-6-13(9-19-4)16-20(17,18)14-10(2)7-12(15)8-11(14)3/h7-8,13,16H,5-6,9H2,1-4H3. The third-order valence-corrected chi connectivity index (χ3v) is 4.85. The zero-order valence-electron chi connectivity index (χ0n) is 12.4. The monoisotopic (exact) mass is 303 g/mol. The summed E-state index contributed by atoms with van der Waals surface area (Å²) in [6, 6.07) is 2.18. The molecular weight excluding hydrogens is 281 g/mol. The van der Waals surface area contributed by atoms with Crippen molar-refractivity contribution in [3.05, 3.63) is 29.1 Å². The Bertz CT molecular complexity index is 529. The van der Waals surface area contributed by atoms with Crippen molar-refractivity contribution in [1.82, 2.24) is 4.72 Å². The van der Waals surface area contributed by atoms with E-state index in [-0.39, 0.29) is 10.9 Å². The molecule has 1 atom stereocenters. The molecule has 1 aromatic carbocycles. The lowest BCUT2D eigenvalue weighted by molar-refractivity contribution is 0.171. The fourth-order valence-corrected chi connectivity index (χ4v) is 4.03. The smallest absolute Gasteiger partial charge is 0.241 e. The molecule has 0 heterocycles. The van der Waals surface area contributed by atoms with Gasteiger partial charge in [0.15, 0.2) is 0 Å². The van der Waals surface area contributed by atoms with Crippen molar-refractivity contribution < 1.29 is 17.5 Å². The van der Waals surface area contributed by atoms with E-state index in [0.717, 1.165) is 6.42 Å². The number of sulfonamides is 1. The molecule has 1 rings (SSSR count). The Balaban J connectivity index is 3.10. The molecular formula is C14H22FNO3S. The normalized spacial score (nSPS) is 13.4. The molecule has 1 aromatic rings. The van der Waals surface area contributed by atoms with E-state index in [1.165, 1.54) is 19.2 Å². The van der Waals surface area contributed by atoms with Gasteiger partial charge in [-0.15, -0.1) is 0 Å². The number of ether oxygens (including phenoxy) is 1. The molecule has 0 aliphatic heterocycles. The van der Waals surface area contributed by atoms with E-state index in [0.29, 0.717) is 24.2 Å². The Morgan fingerprint density at radius 2 is 1.85 bits per heavy atom. The summed E-state index contributed by atoms with van der Waals surface area (Å²) in [5.74, 6) is -0.430. The van der Waals surface area contributed by atoms with Gasteiger partial charge >= 0.3 is 0 Å². The van der Waals surface area contributed by atoms with Gasteiger partial charge in [0, 0.05) is 13.2 Å². The molecule has 0 radical (unpaired) electrons. The van der Waals surface area contributed by atoms with Crippen LogP contribution < -0.4 is 4.72 Å². The number of hydrogen-bond acceptors (Lipinski definition) is 3. The summed E-state index contributed by atoms with van der Waals surface area (Å²) in [6.45, 7) is 5.48.